The van der Waals surface area contributed by atoms with Gasteiger partial charge in [-0.25, -0.2) is 8.42 Å². The van der Waals surface area contributed by atoms with Gasteiger partial charge in [0.1, 0.15) is 12.6 Å². The third-order valence-electron chi connectivity index (χ3n) is 7.86. The van der Waals surface area contributed by atoms with E-state index in [0.717, 1.165) is 41.1 Å². The molecule has 1 N–H and O–H groups in total. The minimum Gasteiger partial charge on any atom is -0.454 e. The van der Waals surface area contributed by atoms with Gasteiger partial charge in [-0.15, -0.1) is 0 Å². The van der Waals surface area contributed by atoms with Crippen molar-refractivity contribution in [1.29, 1.82) is 0 Å². The average molecular weight is 626 g/mol. The summed E-state index contributed by atoms with van der Waals surface area (Å²) in [7, 11) is -3.89. The Balaban J connectivity index is 1.51. The molecule has 0 unspecified atom stereocenters. The van der Waals surface area contributed by atoms with Crippen LogP contribution in [0.1, 0.15) is 43.7 Å². The van der Waals surface area contributed by atoms with Crippen LogP contribution in [-0.2, 0) is 32.6 Å². The summed E-state index contributed by atoms with van der Waals surface area (Å²) >= 11 is 6.13. The Hall–Kier alpha value is -3.76. The lowest BCUT2D eigenvalue weighted by Crippen LogP contribution is -2.54. The van der Waals surface area contributed by atoms with Crippen LogP contribution < -0.4 is 19.1 Å². The fourth-order valence-corrected chi connectivity index (χ4v) is 6.65. The topological polar surface area (TPSA) is 105 Å². The number of nitrogens with zero attached hydrogens (tertiary/aromatic N) is 2. The highest BCUT2D eigenvalue weighted by molar-refractivity contribution is 7.92. The number of nitrogens with one attached hydrogen (secondary N) is 1. The highest BCUT2D eigenvalue weighted by Gasteiger charge is 2.35. The van der Waals surface area contributed by atoms with Crippen LogP contribution in [0.5, 0.6) is 11.5 Å². The quantitative estimate of drug-likeness (QED) is 0.306. The number of anilines is 1. The molecule has 0 spiro atoms. The van der Waals surface area contributed by atoms with E-state index in [1.165, 1.54) is 11.8 Å². The van der Waals surface area contributed by atoms with Gasteiger partial charge in [0.25, 0.3) is 0 Å². The van der Waals surface area contributed by atoms with Crippen molar-refractivity contribution in [3.63, 3.8) is 0 Å². The van der Waals surface area contributed by atoms with E-state index in [9.17, 15) is 18.0 Å². The predicted octanol–water partition coefficient (Wildman–Crippen LogP) is 4.92. The van der Waals surface area contributed by atoms with E-state index in [2.05, 4.69) is 5.32 Å². The number of ether oxygens (including phenoxy) is 2. The predicted molar refractivity (Wildman–Crippen MR) is 166 cm³/mol. The second-order valence-electron chi connectivity index (χ2n) is 10.8. The first-order valence-electron chi connectivity index (χ1n) is 14.5. The Morgan fingerprint density at radius 2 is 1.65 bits per heavy atom. The van der Waals surface area contributed by atoms with Gasteiger partial charge < -0.3 is 19.7 Å². The van der Waals surface area contributed by atoms with Crippen molar-refractivity contribution in [1.82, 2.24) is 10.2 Å². The molecular formula is C32H36ClN3O6S. The summed E-state index contributed by atoms with van der Waals surface area (Å²) in [5, 5.41) is 3.71. The van der Waals surface area contributed by atoms with Gasteiger partial charge in [0, 0.05) is 30.1 Å². The number of carbonyl (C=O) groups is 2. The Labute approximate surface area is 257 Å². The molecule has 2 amide bonds. The van der Waals surface area contributed by atoms with Crippen LogP contribution in [0.2, 0.25) is 5.02 Å². The zero-order valence-corrected chi connectivity index (χ0v) is 25.6. The van der Waals surface area contributed by atoms with Crippen LogP contribution in [0.15, 0.2) is 72.8 Å². The largest absolute Gasteiger partial charge is 0.454 e. The molecule has 9 nitrogen and oxygen atoms in total. The van der Waals surface area contributed by atoms with Crippen molar-refractivity contribution >= 4 is 39.1 Å². The molecule has 0 saturated heterocycles. The van der Waals surface area contributed by atoms with Gasteiger partial charge in [0.2, 0.25) is 28.6 Å². The maximum atomic E-state index is 14.3. The van der Waals surface area contributed by atoms with Crippen LogP contribution in [-0.4, -0.2) is 56.3 Å². The number of benzene rings is 3. The van der Waals surface area contributed by atoms with E-state index in [0.29, 0.717) is 16.5 Å². The molecule has 228 valence electrons. The number of sulfonamides is 1. The monoisotopic (exact) mass is 625 g/mol. The minimum atomic E-state index is -3.89. The Morgan fingerprint density at radius 3 is 2.35 bits per heavy atom. The molecule has 11 heteroatoms. The van der Waals surface area contributed by atoms with Gasteiger partial charge in [0.15, 0.2) is 11.5 Å². The number of rotatable bonds is 12. The van der Waals surface area contributed by atoms with Crippen LogP contribution in [0, 0.1) is 0 Å². The number of carbonyl (C=O) groups excluding carboxylic acids is 2. The second kappa shape index (κ2) is 13.7. The third-order valence-corrected chi connectivity index (χ3v) is 9.86. The van der Waals surface area contributed by atoms with E-state index in [1.807, 2.05) is 30.3 Å². The number of amides is 2. The van der Waals surface area contributed by atoms with Gasteiger partial charge in [0.05, 0.1) is 11.4 Å². The molecule has 5 rings (SSSR count). The second-order valence-corrected chi connectivity index (χ2v) is 13.4. The van der Waals surface area contributed by atoms with Crippen LogP contribution in [0.25, 0.3) is 0 Å². The summed E-state index contributed by atoms with van der Waals surface area (Å²) in [4.78, 5) is 29.8. The zero-order valence-electron chi connectivity index (χ0n) is 24.1. The van der Waals surface area contributed by atoms with Crippen molar-refractivity contribution in [2.24, 2.45) is 0 Å². The summed E-state index contributed by atoms with van der Waals surface area (Å²) in [6.45, 7) is 1.15. The zero-order chi connectivity index (χ0) is 30.4. The molecule has 1 heterocycles. The van der Waals surface area contributed by atoms with E-state index in [1.54, 1.807) is 42.5 Å². The lowest BCUT2D eigenvalue weighted by molar-refractivity contribution is -0.140. The van der Waals surface area contributed by atoms with Crippen molar-refractivity contribution in [3.05, 3.63) is 88.9 Å². The highest BCUT2D eigenvalue weighted by Crippen LogP contribution is 2.36. The molecule has 1 saturated carbocycles. The molecule has 43 heavy (non-hydrogen) atoms. The number of fused-ring (bicyclic) bond motifs is 1. The van der Waals surface area contributed by atoms with Crippen molar-refractivity contribution in [2.75, 3.05) is 23.4 Å². The Kier molecular flexibility index (Phi) is 9.77. The van der Waals surface area contributed by atoms with E-state index in [-0.39, 0.29) is 43.1 Å². The molecule has 1 aliphatic heterocycles. The molecule has 1 atom stereocenters. The highest BCUT2D eigenvalue weighted by atomic mass is 35.5. The van der Waals surface area contributed by atoms with Gasteiger partial charge in [-0.05, 0) is 55.2 Å². The van der Waals surface area contributed by atoms with Crippen LogP contribution in [0.3, 0.4) is 0 Å². The van der Waals surface area contributed by atoms with Gasteiger partial charge in [-0.1, -0.05) is 66.9 Å². The van der Waals surface area contributed by atoms with Gasteiger partial charge in [-0.2, -0.15) is 0 Å². The van der Waals surface area contributed by atoms with E-state index >= 15 is 0 Å². The first-order valence-corrected chi connectivity index (χ1v) is 16.5. The van der Waals surface area contributed by atoms with E-state index in [4.69, 9.17) is 21.1 Å². The first kappa shape index (κ1) is 30.7. The van der Waals surface area contributed by atoms with Crippen molar-refractivity contribution in [2.45, 2.75) is 57.7 Å². The average Bonchev–Trinajstić information content (AvgIpc) is 3.71. The summed E-state index contributed by atoms with van der Waals surface area (Å²) in [6, 6.07) is 20.5. The molecule has 1 fully saturated rings. The molecule has 0 radical (unpaired) electrons. The number of halogens is 1. The van der Waals surface area contributed by atoms with Gasteiger partial charge >= 0.3 is 0 Å². The van der Waals surface area contributed by atoms with Gasteiger partial charge in [-0.3, -0.25) is 13.9 Å². The molecule has 0 aromatic heterocycles. The summed E-state index contributed by atoms with van der Waals surface area (Å²) in [6.07, 6.45) is 4.13. The fourth-order valence-electron chi connectivity index (χ4n) is 5.47. The molecular weight excluding hydrogens is 590 g/mol. The Morgan fingerprint density at radius 1 is 0.953 bits per heavy atom. The number of hydrogen-bond donors (Lipinski definition) is 1. The maximum absolute atomic E-state index is 14.3. The van der Waals surface area contributed by atoms with Crippen molar-refractivity contribution in [3.8, 4) is 11.5 Å². The first-order chi connectivity index (χ1) is 20.7. The number of hydrogen-bond acceptors (Lipinski definition) is 6. The Bertz CT molecular complexity index is 1530. The molecule has 1 aliphatic carbocycles. The van der Waals surface area contributed by atoms with E-state index < -0.39 is 28.5 Å². The maximum Gasteiger partial charge on any atom is 0.244 e. The van der Waals surface area contributed by atoms with Crippen molar-refractivity contribution < 1.29 is 27.5 Å². The lowest BCUT2D eigenvalue weighted by Gasteiger charge is -2.34. The third kappa shape index (κ3) is 7.61. The normalized spacial score (nSPS) is 15.2. The van der Waals surface area contributed by atoms with Crippen LogP contribution >= 0.6 is 11.6 Å². The molecule has 0 bridgehead atoms. The smallest absolute Gasteiger partial charge is 0.244 e. The fraction of sp³-hybridized carbons (Fsp3) is 0.375. The SMILES string of the molecule is CCS(=O)(=O)N(CC(=O)N(Cc1ccc(Cl)cc1)[C@@H](Cc1ccccc1)C(=O)NC1CCCC1)c1ccc2c(c1)OCO2. The minimum absolute atomic E-state index is 0.0321. The standard InChI is InChI=1S/C32H36ClN3O6S/c1-2-43(39,40)36(27-16-17-29-30(19-27)42-22-41-29)21-31(37)35(20-24-12-14-25(33)15-13-24)28(18-23-8-4-3-5-9-23)32(38)34-26-10-6-7-11-26/h3-5,8-9,12-17,19,26,28H,2,6-7,10-11,18,20-22H2,1H3,(H,34,38)/t28-/m0/s1. The summed E-state index contributed by atoms with van der Waals surface area (Å²) in [5.74, 6) is -0.0863. The lowest BCUT2D eigenvalue weighted by atomic mass is 10.0. The molecule has 3 aromatic rings. The molecule has 2 aliphatic rings. The summed E-state index contributed by atoms with van der Waals surface area (Å²) in [5.41, 5.74) is 1.93. The summed E-state index contributed by atoms with van der Waals surface area (Å²) < 4.78 is 38.7. The molecule has 3 aromatic carbocycles. The van der Waals surface area contributed by atoms with Crippen LogP contribution in [0.4, 0.5) is 5.69 Å².